The molecule has 0 radical (unpaired) electrons. The molecule has 2 amide bonds. The first-order valence-electron chi connectivity index (χ1n) is 13.3. The Kier molecular flexibility index (Phi) is 7.37. The third kappa shape index (κ3) is 5.46. The molecule has 0 spiro atoms. The van der Waals surface area contributed by atoms with Gasteiger partial charge in [-0.1, -0.05) is 29.8 Å². The van der Waals surface area contributed by atoms with Crippen LogP contribution >= 0.6 is 0 Å². The van der Waals surface area contributed by atoms with Crippen LogP contribution in [0.3, 0.4) is 0 Å². The number of primary amides is 1. The third-order valence-corrected chi connectivity index (χ3v) is 8.15. The number of hydrogen-bond acceptors (Lipinski definition) is 4. The highest BCUT2D eigenvalue weighted by molar-refractivity contribution is 5.81. The van der Waals surface area contributed by atoms with Crippen molar-refractivity contribution in [1.82, 2.24) is 20.2 Å². The first-order chi connectivity index (χ1) is 17.5. The van der Waals surface area contributed by atoms with Gasteiger partial charge in [-0.25, -0.2) is 0 Å². The number of nitrogens with one attached hydrogen (secondary N) is 2. The van der Waals surface area contributed by atoms with Crippen molar-refractivity contribution in [2.75, 3.05) is 13.1 Å². The molecule has 1 unspecified atom stereocenters. The number of fused-ring (bicyclic) bond motifs is 1. The summed E-state index contributed by atoms with van der Waals surface area (Å²) in [6, 6.07) is 12.1. The van der Waals surface area contributed by atoms with Gasteiger partial charge in [-0.2, -0.15) is 0 Å². The van der Waals surface area contributed by atoms with Crippen molar-refractivity contribution in [2.45, 2.75) is 69.9 Å². The summed E-state index contributed by atoms with van der Waals surface area (Å²) in [6.07, 6.45) is 10.2. The van der Waals surface area contributed by atoms with Gasteiger partial charge in [0.2, 0.25) is 11.8 Å². The lowest BCUT2D eigenvalue weighted by Gasteiger charge is -2.38. The molecule has 1 saturated heterocycles. The number of aromatic amines is 1. The molecule has 2 aromatic heterocycles. The van der Waals surface area contributed by atoms with Crippen LogP contribution in [0.25, 0.3) is 11.0 Å². The van der Waals surface area contributed by atoms with Crippen molar-refractivity contribution >= 4 is 22.8 Å². The largest absolute Gasteiger partial charge is 0.368 e. The van der Waals surface area contributed by atoms with Crippen LogP contribution in [-0.4, -0.2) is 51.9 Å². The van der Waals surface area contributed by atoms with Crippen molar-refractivity contribution < 1.29 is 9.59 Å². The maximum absolute atomic E-state index is 12.8. The van der Waals surface area contributed by atoms with Crippen molar-refractivity contribution in [1.29, 1.82) is 0 Å². The maximum Gasteiger partial charge on any atom is 0.234 e. The van der Waals surface area contributed by atoms with E-state index in [1.54, 1.807) is 0 Å². The minimum Gasteiger partial charge on any atom is -0.368 e. The van der Waals surface area contributed by atoms with Gasteiger partial charge in [0.05, 0.1) is 23.5 Å². The average molecular weight is 488 g/mol. The number of likely N-dealkylation sites (tertiary alicyclic amines) is 1. The van der Waals surface area contributed by atoms with Crippen LogP contribution in [0, 0.1) is 12.8 Å². The molecule has 1 saturated carbocycles. The van der Waals surface area contributed by atoms with E-state index >= 15 is 0 Å². The lowest BCUT2D eigenvalue weighted by molar-refractivity contribution is -0.132. The molecule has 3 heterocycles. The molecule has 1 aliphatic heterocycles. The van der Waals surface area contributed by atoms with E-state index in [-0.39, 0.29) is 29.8 Å². The maximum atomic E-state index is 12.8. The molecule has 1 atom stereocenters. The van der Waals surface area contributed by atoms with E-state index < -0.39 is 0 Å². The number of hydrogen-bond donors (Lipinski definition) is 3. The summed E-state index contributed by atoms with van der Waals surface area (Å²) >= 11 is 0. The minimum absolute atomic E-state index is 0.160. The molecule has 0 bridgehead atoms. The Morgan fingerprint density at radius 1 is 1.11 bits per heavy atom. The molecule has 36 heavy (non-hydrogen) atoms. The zero-order chi connectivity index (χ0) is 25.1. The Morgan fingerprint density at radius 3 is 2.61 bits per heavy atom. The molecule has 2 aliphatic rings. The predicted octanol–water partition coefficient (Wildman–Crippen LogP) is 3.82. The highest BCUT2D eigenvalue weighted by Crippen LogP contribution is 2.36. The summed E-state index contributed by atoms with van der Waals surface area (Å²) in [5.41, 5.74) is 11.6. The SMILES string of the molecule is Cc1cccc(CC(=O)N2CCC(C(NC3CCC(c4c[nH]c5cccnc45)CC3)C(N)=O)CC2)c1. The Morgan fingerprint density at radius 2 is 1.89 bits per heavy atom. The number of aryl methyl sites for hydroxylation is 1. The van der Waals surface area contributed by atoms with Crippen molar-refractivity contribution in [3.8, 4) is 0 Å². The topological polar surface area (TPSA) is 104 Å². The fraction of sp³-hybridized carbons (Fsp3) is 0.483. The fourth-order valence-corrected chi connectivity index (χ4v) is 6.15. The number of benzene rings is 1. The number of nitrogens with zero attached hydrogens (tertiary/aromatic N) is 2. The van der Waals surface area contributed by atoms with Gasteiger partial charge in [0.25, 0.3) is 0 Å². The number of aromatic nitrogens is 2. The van der Waals surface area contributed by atoms with Crippen LogP contribution < -0.4 is 11.1 Å². The lowest BCUT2D eigenvalue weighted by atomic mass is 9.81. The quantitative estimate of drug-likeness (QED) is 0.471. The van der Waals surface area contributed by atoms with Gasteiger partial charge >= 0.3 is 0 Å². The number of nitrogens with two attached hydrogens (primary N) is 1. The first-order valence-corrected chi connectivity index (χ1v) is 13.3. The molecule has 2 fully saturated rings. The van der Waals surface area contributed by atoms with Crippen LogP contribution in [0.5, 0.6) is 0 Å². The van der Waals surface area contributed by atoms with Crippen LogP contribution in [0.2, 0.25) is 0 Å². The van der Waals surface area contributed by atoms with Crippen LogP contribution in [0.1, 0.15) is 61.1 Å². The average Bonchev–Trinajstić information content (AvgIpc) is 3.32. The zero-order valence-electron chi connectivity index (χ0n) is 21.1. The molecule has 3 aromatic rings. The molecule has 7 heteroatoms. The second-order valence-corrected chi connectivity index (χ2v) is 10.6. The Bertz CT molecular complexity index is 1210. The zero-order valence-corrected chi connectivity index (χ0v) is 21.1. The van der Waals surface area contributed by atoms with E-state index in [9.17, 15) is 9.59 Å². The van der Waals surface area contributed by atoms with E-state index in [1.165, 1.54) is 11.1 Å². The van der Waals surface area contributed by atoms with E-state index in [0.717, 1.165) is 55.1 Å². The third-order valence-electron chi connectivity index (χ3n) is 8.15. The van der Waals surface area contributed by atoms with Crippen molar-refractivity contribution in [3.63, 3.8) is 0 Å². The molecule has 1 aromatic carbocycles. The Balaban J connectivity index is 1.13. The Hall–Kier alpha value is -3.19. The van der Waals surface area contributed by atoms with E-state index in [4.69, 9.17) is 5.73 Å². The summed E-state index contributed by atoms with van der Waals surface area (Å²) in [5, 5.41) is 3.62. The van der Waals surface area contributed by atoms with E-state index in [1.807, 2.05) is 42.3 Å². The number of H-pyrrole nitrogens is 1. The van der Waals surface area contributed by atoms with E-state index in [0.29, 0.717) is 25.4 Å². The van der Waals surface area contributed by atoms with Gasteiger partial charge in [0.15, 0.2) is 0 Å². The second-order valence-electron chi connectivity index (χ2n) is 10.6. The molecular weight excluding hydrogens is 450 g/mol. The summed E-state index contributed by atoms with van der Waals surface area (Å²) in [7, 11) is 0. The number of rotatable bonds is 7. The van der Waals surface area contributed by atoms with Crippen molar-refractivity contribution in [3.05, 3.63) is 65.5 Å². The smallest absolute Gasteiger partial charge is 0.234 e. The predicted molar refractivity (Wildman–Crippen MR) is 141 cm³/mol. The number of piperidine rings is 1. The summed E-state index contributed by atoms with van der Waals surface area (Å²) < 4.78 is 0. The molecule has 7 nitrogen and oxygen atoms in total. The number of carbonyl (C=O) groups excluding carboxylic acids is 2. The lowest BCUT2D eigenvalue weighted by Crippen LogP contribution is -2.54. The normalized spacial score (nSPS) is 22.0. The summed E-state index contributed by atoms with van der Waals surface area (Å²) in [5.74, 6) is 0.539. The van der Waals surface area contributed by atoms with Gasteiger partial charge in [-0.05, 0) is 80.5 Å². The number of carbonyl (C=O) groups is 2. The molecule has 5 rings (SSSR count). The van der Waals surface area contributed by atoms with E-state index in [2.05, 4.69) is 33.6 Å². The van der Waals surface area contributed by atoms with Crippen LogP contribution in [-0.2, 0) is 16.0 Å². The monoisotopic (exact) mass is 487 g/mol. The van der Waals surface area contributed by atoms with Crippen LogP contribution in [0.15, 0.2) is 48.8 Å². The highest BCUT2D eigenvalue weighted by Gasteiger charge is 2.34. The van der Waals surface area contributed by atoms with Gasteiger partial charge < -0.3 is 20.9 Å². The molecule has 1 aliphatic carbocycles. The minimum atomic E-state index is -0.338. The van der Waals surface area contributed by atoms with Gasteiger partial charge in [-0.3, -0.25) is 14.6 Å². The second kappa shape index (κ2) is 10.8. The number of amides is 2. The Labute approximate surface area is 212 Å². The molecule has 190 valence electrons. The molecular formula is C29H37N5O2. The first kappa shape index (κ1) is 24.5. The highest BCUT2D eigenvalue weighted by atomic mass is 16.2. The van der Waals surface area contributed by atoms with Gasteiger partial charge in [0.1, 0.15) is 0 Å². The number of pyridine rings is 1. The van der Waals surface area contributed by atoms with Crippen molar-refractivity contribution in [2.24, 2.45) is 11.7 Å². The van der Waals surface area contributed by atoms with Crippen LogP contribution in [0.4, 0.5) is 0 Å². The fourth-order valence-electron chi connectivity index (χ4n) is 6.15. The summed E-state index contributed by atoms with van der Waals surface area (Å²) in [4.78, 5) is 35.1. The standard InChI is InChI=1S/C29H37N5O2/c1-19-4-2-5-20(16-19)17-26(35)34-14-11-22(12-15-34)27(29(30)36)33-23-9-7-21(8-10-23)24-18-32-25-6-3-13-31-28(24)25/h2-6,13,16,18,21-23,27,32-33H,7-12,14-15,17H2,1H3,(H2,30,36). The van der Waals surface area contributed by atoms with Gasteiger partial charge in [0, 0.05) is 31.5 Å². The molecule has 4 N–H and O–H groups in total. The van der Waals surface area contributed by atoms with Gasteiger partial charge in [-0.15, -0.1) is 0 Å². The summed E-state index contributed by atoms with van der Waals surface area (Å²) in [6.45, 7) is 3.41.